The van der Waals surface area contributed by atoms with Gasteiger partial charge in [-0.1, -0.05) is 48.9 Å². The van der Waals surface area contributed by atoms with Crippen LogP contribution in [0.15, 0.2) is 72.8 Å². The fourth-order valence-corrected chi connectivity index (χ4v) is 5.21. The van der Waals surface area contributed by atoms with Crippen LogP contribution in [0.2, 0.25) is 5.02 Å². The lowest BCUT2D eigenvalue weighted by molar-refractivity contribution is -0.117. The first kappa shape index (κ1) is 22.1. The number of amides is 2. The lowest BCUT2D eigenvalue weighted by Crippen LogP contribution is -2.55. The summed E-state index contributed by atoms with van der Waals surface area (Å²) >= 11 is 5.94. The van der Waals surface area contributed by atoms with E-state index in [0.717, 1.165) is 17.7 Å². The summed E-state index contributed by atoms with van der Waals surface area (Å²) in [6.07, 6.45) is 0.755. The smallest absolute Gasteiger partial charge is 0.255 e. The van der Waals surface area contributed by atoms with Crippen molar-refractivity contribution in [2.24, 2.45) is 0 Å². The van der Waals surface area contributed by atoms with Gasteiger partial charge in [0.15, 0.2) is 0 Å². The van der Waals surface area contributed by atoms with E-state index in [1.807, 2.05) is 41.3 Å². The average Bonchev–Trinajstić information content (AvgIpc) is 2.74. The van der Waals surface area contributed by atoms with E-state index in [9.17, 15) is 9.59 Å². The van der Waals surface area contributed by atoms with E-state index in [4.69, 9.17) is 11.6 Å². The summed E-state index contributed by atoms with van der Waals surface area (Å²) in [5.74, 6) is -0.202. The Morgan fingerprint density at radius 1 is 0.938 bits per heavy atom. The molecule has 0 spiro atoms. The first-order valence-corrected chi connectivity index (χ1v) is 11.1. The maximum absolute atomic E-state index is 12.8. The molecule has 2 amide bonds. The summed E-state index contributed by atoms with van der Waals surface area (Å²) in [6, 6.07) is 22.9. The van der Waals surface area contributed by atoms with Crippen LogP contribution in [0.3, 0.4) is 0 Å². The molecule has 3 aromatic rings. The van der Waals surface area contributed by atoms with Gasteiger partial charge in [-0.05, 0) is 73.9 Å². The lowest BCUT2D eigenvalue weighted by Gasteiger charge is -2.51. The number of hydrogen-bond donors (Lipinski definition) is 1. The largest absolute Gasteiger partial charge is 0.322 e. The molecule has 1 heterocycles. The fraction of sp³-hybridized carbons (Fsp3) is 0.259. The molecule has 0 bridgehead atoms. The van der Waals surface area contributed by atoms with E-state index in [2.05, 4.69) is 38.2 Å². The molecule has 0 aromatic heterocycles. The van der Waals surface area contributed by atoms with Crippen molar-refractivity contribution < 1.29 is 9.59 Å². The van der Waals surface area contributed by atoms with E-state index in [0.29, 0.717) is 16.3 Å². The standard InChI is InChI=1S/C27H27ClN2O2/c1-18(31)30-24-15-14-22(29-25(32)19-10-12-21(28)13-11-19)16-23(24)27(4,17-26(30,2)3)20-8-6-5-7-9-20/h5-16H,17H2,1-4H3,(H,29,32). The molecule has 5 heteroatoms. The van der Waals surface area contributed by atoms with E-state index in [1.54, 1.807) is 31.2 Å². The Bertz CT molecular complexity index is 1170. The third kappa shape index (κ3) is 3.91. The molecule has 3 aromatic carbocycles. The summed E-state index contributed by atoms with van der Waals surface area (Å²) in [5.41, 5.74) is 3.61. The van der Waals surface area contributed by atoms with Crippen molar-refractivity contribution in [1.29, 1.82) is 0 Å². The number of rotatable bonds is 3. The normalized spacial score (nSPS) is 19.2. The highest BCUT2D eigenvalue weighted by atomic mass is 35.5. The summed E-state index contributed by atoms with van der Waals surface area (Å²) in [6.45, 7) is 8.03. The summed E-state index contributed by atoms with van der Waals surface area (Å²) in [7, 11) is 0. The van der Waals surface area contributed by atoms with Crippen LogP contribution < -0.4 is 10.2 Å². The Morgan fingerprint density at radius 3 is 2.22 bits per heavy atom. The van der Waals surface area contributed by atoms with Crippen molar-refractivity contribution in [2.75, 3.05) is 10.2 Å². The van der Waals surface area contributed by atoms with Crippen molar-refractivity contribution in [1.82, 2.24) is 0 Å². The van der Waals surface area contributed by atoms with Crippen LogP contribution in [0.25, 0.3) is 0 Å². The minimum atomic E-state index is -0.364. The van der Waals surface area contributed by atoms with Gasteiger partial charge < -0.3 is 10.2 Å². The summed E-state index contributed by atoms with van der Waals surface area (Å²) < 4.78 is 0. The maximum Gasteiger partial charge on any atom is 0.255 e. The van der Waals surface area contributed by atoms with Gasteiger partial charge in [0.2, 0.25) is 5.91 Å². The van der Waals surface area contributed by atoms with E-state index >= 15 is 0 Å². The number of carbonyl (C=O) groups excluding carboxylic acids is 2. The van der Waals surface area contributed by atoms with Crippen molar-refractivity contribution in [3.05, 3.63) is 94.5 Å². The molecule has 1 unspecified atom stereocenters. The monoisotopic (exact) mass is 446 g/mol. The molecule has 4 nitrogen and oxygen atoms in total. The van der Waals surface area contributed by atoms with Crippen molar-refractivity contribution >= 4 is 34.8 Å². The molecule has 1 N–H and O–H groups in total. The highest BCUT2D eigenvalue weighted by molar-refractivity contribution is 6.30. The Kier molecular flexibility index (Phi) is 5.59. The number of hydrogen-bond acceptors (Lipinski definition) is 2. The topological polar surface area (TPSA) is 49.4 Å². The Hall–Kier alpha value is -3.11. The molecule has 0 aliphatic carbocycles. The van der Waals surface area contributed by atoms with Gasteiger partial charge in [0.05, 0.1) is 0 Å². The van der Waals surface area contributed by atoms with Crippen LogP contribution in [0.5, 0.6) is 0 Å². The number of carbonyl (C=O) groups is 2. The van der Waals surface area contributed by atoms with Gasteiger partial charge in [0.1, 0.15) is 0 Å². The van der Waals surface area contributed by atoms with Crippen LogP contribution in [0.4, 0.5) is 11.4 Å². The molecule has 1 aliphatic heterocycles. The highest BCUT2D eigenvalue weighted by Crippen LogP contribution is 2.51. The SMILES string of the molecule is CC(=O)N1c2ccc(NC(=O)c3ccc(Cl)cc3)cc2C(C)(c2ccccc2)CC1(C)C. The first-order valence-electron chi connectivity index (χ1n) is 10.7. The molecule has 4 rings (SSSR count). The van der Waals surface area contributed by atoms with Gasteiger partial charge in [-0.15, -0.1) is 0 Å². The summed E-state index contributed by atoms with van der Waals surface area (Å²) in [5, 5.41) is 3.58. The molecule has 32 heavy (non-hydrogen) atoms. The molecule has 164 valence electrons. The van der Waals surface area contributed by atoms with Gasteiger partial charge in [-0.25, -0.2) is 0 Å². The predicted octanol–water partition coefficient (Wildman–Crippen LogP) is 6.43. The second-order valence-corrected chi connectivity index (χ2v) is 9.67. The van der Waals surface area contributed by atoms with Crippen LogP contribution in [-0.4, -0.2) is 17.4 Å². The zero-order valence-electron chi connectivity index (χ0n) is 18.8. The van der Waals surface area contributed by atoms with Crippen LogP contribution >= 0.6 is 11.6 Å². The molecule has 0 saturated carbocycles. The van der Waals surface area contributed by atoms with Gasteiger partial charge in [0, 0.05) is 39.8 Å². The minimum absolute atomic E-state index is 0.00399. The van der Waals surface area contributed by atoms with Crippen molar-refractivity contribution in [3.63, 3.8) is 0 Å². The number of anilines is 2. The Morgan fingerprint density at radius 2 is 1.59 bits per heavy atom. The highest BCUT2D eigenvalue weighted by Gasteiger charge is 2.47. The van der Waals surface area contributed by atoms with Crippen LogP contribution in [-0.2, 0) is 10.2 Å². The van der Waals surface area contributed by atoms with Gasteiger partial charge in [-0.2, -0.15) is 0 Å². The maximum atomic E-state index is 12.8. The predicted molar refractivity (Wildman–Crippen MR) is 131 cm³/mol. The number of halogens is 1. The van der Waals surface area contributed by atoms with E-state index in [1.165, 1.54) is 5.56 Å². The number of fused-ring (bicyclic) bond motifs is 1. The summed E-state index contributed by atoms with van der Waals surface area (Å²) in [4.78, 5) is 27.3. The zero-order valence-corrected chi connectivity index (χ0v) is 19.5. The molecule has 1 aliphatic rings. The zero-order chi connectivity index (χ0) is 23.1. The van der Waals surface area contributed by atoms with Crippen molar-refractivity contribution in [3.8, 4) is 0 Å². The van der Waals surface area contributed by atoms with Crippen LogP contribution in [0.1, 0.15) is 55.6 Å². The number of nitrogens with zero attached hydrogens (tertiary/aromatic N) is 1. The fourth-order valence-electron chi connectivity index (χ4n) is 5.08. The number of benzene rings is 3. The minimum Gasteiger partial charge on any atom is -0.322 e. The Balaban J connectivity index is 1.81. The second kappa shape index (κ2) is 8.10. The quantitative estimate of drug-likeness (QED) is 0.503. The third-order valence-electron chi connectivity index (χ3n) is 6.31. The lowest BCUT2D eigenvalue weighted by atomic mass is 9.65. The molecule has 1 atom stereocenters. The van der Waals surface area contributed by atoms with Gasteiger partial charge in [0.25, 0.3) is 5.91 Å². The molecule has 0 fully saturated rings. The van der Waals surface area contributed by atoms with Gasteiger partial charge >= 0.3 is 0 Å². The van der Waals surface area contributed by atoms with Crippen LogP contribution in [0, 0.1) is 0 Å². The molecular formula is C27H27ClN2O2. The van der Waals surface area contributed by atoms with Crippen molar-refractivity contribution in [2.45, 2.75) is 45.1 Å². The molecule has 0 radical (unpaired) electrons. The van der Waals surface area contributed by atoms with Gasteiger partial charge in [-0.3, -0.25) is 9.59 Å². The number of nitrogens with one attached hydrogen (secondary N) is 1. The van der Waals surface area contributed by atoms with E-state index < -0.39 is 0 Å². The molecular weight excluding hydrogens is 420 g/mol. The molecule has 0 saturated heterocycles. The second-order valence-electron chi connectivity index (χ2n) is 9.23. The third-order valence-corrected chi connectivity index (χ3v) is 6.57. The Labute approximate surface area is 194 Å². The first-order chi connectivity index (χ1) is 15.1. The van der Waals surface area contributed by atoms with E-state index in [-0.39, 0.29) is 22.8 Å². The average molecular weight is 447 g/mol.